The van der Waals surface area contributed by atoms with Gasteiger partial charge in [0.25, 0.3) is 0 Å². The van der Waals surface area contributed by atoms with Gasteiger partial charge in [0.1, 0.15) is 29.8 Å². The van der Waals surface area contributed by atoms with Crippen molar-refractivity contribution in [3.63, 3.8) is 0 Å². The lowest BCUT2D eigenvalue weighted by atomic mass is 9.93. The minimum absolute atomic E-state index is 0.0544. The summed E-state index contributed by atoms with van der Waals surface area (Å²) in [6.07, 6.45) is -5.26. The molecule has 3 rings (SSSR count). The number of hydrogen-bond donors (Lipinski definition) is 3. The van der Waals surface area contributed by atoms with Crippen molar-refractivity contribution in [2.24, 2.45) is 0 Å². The molecule has 28 heavy (non-hydrogen) atoms. The highest BCUT2D eigenvalue weighted by Crippen LogP contribution is 2.39. The number of aliphatic hydroxyl groups excluding tert-OH is 3. The standard InChI is InChI=1S/C20H21FO7/c1-10-17(22)18(23)19(24)20(27-10)11-4-6-15(26-3)16(8-11)28-14-7-5-12(25-2)9-13(14)21/h4-9,17-20,22-24H,1H2,2-3H3/t17-,18+,19-,20+/m1/s1. The average Bonchev–Trinajstić information content (AvgIpc) is 2.70. The molecule has 0 saturated carbocycles. The molecule has 1 fully saturated rings. The largest absolute Gasteiger partial charge is 0.497 e. The maximum Gasteiger partial charge on any atom is 0.169 e. The van der Waals surface area contributed by atoms with E-state index in [1.54, 1.807) is 18.2 Å². The zero-order chi connectivity index (χ0) is 20.4. The Morgan fingerprint density at radius 1 is 0.929 bits per heavy atom. The van der Waals surface area contributed by atoms with Crippen LogP contribution in [0.4, 0.5) is 4.39 Å². The van der Waals surface area contributed by atoms with E-state index in [2.05, 4.69) is 6.58 Å². The highest BCUT2D eigenvalue weighted by molar-refractivity contribution is 5.47. The van der Waals surface area contributed by atoms with E-state index in [1.807, 2.05) is 0 Å². The van der Waals surface area contributed by atoms with Crippen molar-refractivity contribution in [1.82, 2.24) is 0 Å². The van der Waals surface area contributed by atoms with Crippen LogP contribution in [0.25, 0.3) is 0 Å². The van der Waals surface area contributed by atoms with Crippen LogP contribution in [0.2, 0.25) is 0 Å². The van der Waals surface area contributed by atoms with Crippen LogP contribution < -0.4 is 14.2 Å². The van der Waals surface area contributed by atoms with Crippen molar-refractivity contribution in [3.8, 4) is 23.0 Å². The minimum Gasteiger partial charge on any atom is -0.497 e. The van der Waals surface area contributed by atoms with E-state index in [-0.39, 0.29) is 17.3 Å². The number of methoxy groups -OCH3 is 2. The lowest BCUT2D eigenvalue weighted by molar-refractivity contribution is -0.157. The second-order valence-electron chi connectivity index (χ2n) is 6.24. The molecule has 0 unspecified atom stereocenters. The molecule has 0 aromatic heterocycles. The number of rotatable bonds is 5. The molecular weight excluding hydrogens is 371 g/mol. The van der Waals surface area contributed by atoms with Gasteiger partial charge in [0.15, 0.2) is 29.2 Å². The fourth-order valence-electron chi connectivity index (χ4n) is 2.88. The monoisotopic (exact) mass is 392 g/mol. The fourth-order valence-corrected chi connectivity index (χ4v) is 2.88. The summed E-state index contributed by atoms with van der Waals surface area (Å²) in [5, 5.41) is 30.0. The summed E-state index contributed by atoms with van der Waals surface area (Å²) in [4.78, 5) is 0. The molecule has 0 radical (unpaired) electrons. The molecule has 2 aromatic carbocycles. The van der Waals surface area contributed by atoms with Gasteiger partial charge in [-0.25, -0.2) is 4.39 Å². The number of halogens is 1. The first-order valence-corrected chi connectivity index (χ1v) is 8.44. The molecule has 1 heterocycles. The van der Waals surface area contributed by atoms with Gasteiger partial charge in [-0.2, -0.15) is 0 Å². The lowest BCUT2D eigenvalue weighted by Crippen LogP contribution is -2.47. The van der Waals surface area contributed by atoms with E-state index in [0.717, 1.165) is 0 Å². The summed E-state index contributed by atoms with van der Waals surface area (Å²) in [5.41, 5.74) is 0.421. The van der Waals surface area contributed by atoms with Crippen LogP contribution in [0.5, 0.6) is 23.0 Å². The third-order valence-electron chi connectivity index (χ3n) is 4.47. The van der Waals surface area contributed by atoms with Crippen molar-refractivity contribution >= 4 is 0 Å². The maximum absolute atomic E-state index is 14.2. The Bertz CT molecular complexity index is 870. The zero-order valence-electron chi connectivity index (χ0n) is 15.3. The number of aliphatic hydroxyl groups is 3. The summed E-state index contributed by atoms with van der Waals surface area (Å²) in [7, 11) is 2.86. The van der Waals surface area contributed by atoms with Crippen molar-refractivity contribution in [2.45, 2.75) is 24.4 Å². The van der Waals surface area contributed by atoms with Crippen molar-refractivity contribution in [1.29, 1.82) is 0 Å². The molecule has 7 nitrogen and oxygen atoms in total. The first-order chi connectivity index (χ1) is 13.3. The average molecular weight is 392 g/mol. The van der Waals surface area contributed by atoms with Crippen molar-refractivity contribution in [2.75, 3.05) is 14.2 Å². The summed E-state index contributed by atoms with van der Waals surface area (Å²) >= 11 is 0. The van der Waals surface area contributed by atoms with Gasteiger partial charge in [-0.1, -0.05) is 12.6 Å². The third-order valence-corrected chi connectivity index (χ3v) is 4.47. The van der Waals surface area contributed by atoms with E-state index in [0.29, 0.717) is 17.1 Å². The van der Waals surface area contributed by atoms with E-state index in [1.165, 1.54) is 32.4 Å². The normalized spacial score (nSPS) is 24.4. The Labute approximate surface area is 161 Å². The Balaban J connectivity index is 1.93. The SMILES string of the molecule is C=C1O[C@@H](c2ccc(OC)c(Oc3ccc(OC)cc3F)c2)[C@H](O)[C@@H](O)[C@@H]1O. The Kier molecular flexibility index (Phi) is 5.73. The Morgan fingerprint density at radius 2 is 1.64 bits per heavy atom. The van der Waals surface area contributed by atoms with Gasteiger partial charge >= 0.3 is 0 Å². The van der Waals surface area contributed by atoms with Gasteiger partial charge in [0.2, 0.25) is 0 Å². The number of ether oxygens (including phenoxy) is 4. The molecule has 0 aliphatic carbocycles. The van der Waals surface area contributed by atoms with E-state index in [9.17, 15) is 19.7 Å². The van der Waals surface area contributed by atoms with Crippen LogP contribution in [0.1, 0.15) is 11.7 Å². The molecule has 1 aliphatic heterocycles. The van der Waals surface area contributed by atoms with Gasteiger partial charge in [-0.3, -0.25) is 0 Å². The topological polar surface area (TPSA) is 97.6 Å². The minimum atomic E-state index is -1.46. The van der Waals surface area contributed by atoms with Crippen LogP contribution in [0.3, 0.4) is 0 Å². The maximum atomic E-state index is 14.2. The molecule has 0 spiro atoms. The summed E-state index contributed by atoms with van der Waals surface area (Å²) in [6.45, 7) is 3.55. The molecule has 1 aliphatic rings. The second kappa shape index (κ2) is 8.05. The summed E-state index contributed by atoms with van der Waals surface area (Å²) < 4.78 is 35.6. The highest BCUT2D eigenvalue weighted by atomic mass is 19.1. The molecule has 2 aromatic rings. The fraction of sp³-hybridized carbons (Fsp3) is 0.300. The third kappa shape index (κ3) is 3.75. The number of hydrogen-bond acceptors (Lipinski definition) is 7. The molecule has 0 bridgehead atoms. The molecule has 4 atom stereocenters. The van der Waals surface area contributed by atoms with Crippen molar-refractivity contribution < 1.29 is 38.7 Å². The Hall–Kier alpha value is -2.81. The van der Waals surface area contributed by atoms with Gasteiger partial charge in [0, 0.05) is 6.07 Å². The molecule has 3 N–H and O–H groups in total. The van der Waals surface area contributed by atoms with Crippen molar-refractivity contribution in [3.05, 3.63) is 60.1 Å². The van der Waals surface area contributed by atoms with Gasteiger partial charge in [-0.05, 0) is 29.8 Å². The van der Waals surface area contributed by atoms with E-state index < -0.39 is 30.2 Å². The smallest absolute Gasteiger partial charge is 0.169 e. The van der Waals surface area contributed by atoms with Crippen LogP contribution in [-0.2, 0) is 4.74 Å². The molecule has 0 amide bonds. The van der Waals surface area contributed by atoms with Crippen LogP contribution in [-0.4, -0.2) is 47.9 Å². The second-order valence-corrected chi connectivity index (χ2v) is 6.24. The molecule has 150 valence electrons. The lowest BCUT2D eigenvalue weighted by Gasteiger charge is -2.37. The zero-order valence-corrected chi connectivity index (χ0v) is 15.3. The predicted molar refractivity (Wildman–Crippen MR) is 97.0 cm³/mol. The van der Waals surface area contributed by atoms with Gasteiger partial charge in [-0.15, -0.1) is 0 Å². The summed E-state index contributed by atoms with van der Waals surface area (Å²) in [5.74, 6) is 0.0845. The molecule has 1 saturated heterocycles. The van der Waals surface area contributed by atoms with E-state index in [4.69, 9.17) is 18.9 Å². The van der Waals surface area contributed by atoms with Crippen LogP contribution in [0.15, 0.2) is 48.7 Å². The predicted octanol–water partition coefficient (Wildman–Crippen LogP) is 2.30. The van der Waals surface area contributed by atoms with E-state index >= 15 is 0 Å². The molecule has 8 heteroatoms. The summed E-state index contributed by atoms with van der Waals surface area (Å²) in [6, 6.07) is 8.79. The van der Waals surface area contributed by atoms with Crippen LogP contribution in [0, 0.1) is 5.82 Å². The first-order valence-electron chi connectivity index (χ1n) is 8.44. The molecular formula is C20H21FO7. The quantitative estimate of drug-likeness (QED) is 0.718. The highest BCUT2D eigenvalue weighted by Gasteiger charge is 2.41. The number of benzene rings is 2. The Morgan fingerprint density at radius 3 is 2.29 bits per heavy atom. The first kappa shape index (κ1) is 19.9. The van der Waals surface area contributed by atoms with Gasteiger partial charge in [0.05, 0.1) is 14.2 Å². The van der Waals surface area contributed by atoms with Gasteiger partial charge < -0.3 is 34.3 Å². The van der Waals surface area contributed by atoms with Crippen LogP contribution >= 0.6 is 0 Å².